The number of benzene rings is 1. The Hall–Kier alpha value is -1.16. The minimum absolute atomic E-state index is 0.153. The Morgan fingerprint density at radius 1 is 1.29 bits per heavy atom. The first-order valence-corrected chi connectivity index (χ1v) is 7.84. The Morgan fingerprint density at radius 2 is 1.90 bits per heavy atom. The van der Waals surface area contributed by atoms with Crippen molar-refractivity contribution in [2.24, 2.45) is 0 Å². The molecule has 10 heteroatoms. The van der Waals surface area contributed by atoms with Crippen molar-refractivity contribution >= 4 is 37.7 Å². The minimum atomic E-state index is -4.99. The zero-order valence-electron chi connectivity index (χ0n) is 10.2. The van der Waals surface area contributed by atoms with Gasteiger partial charge in [-0.2, -0.15) is 21.6 Å². The molecule has 1 aromatic carbocycles. The molecule has 0 N–H and O–H groups in total. The number of halogens is 5. The van der Waals surface area contributed by atoms with Crippen molar-refractivity contribution in [2.45, 2.75) is 17.8 Å². The van der Waals surface area contributed by atoms with E-state index in [0.29, 0.717) is 4.90 Å². The molecule has 1 aromatic rings. The standard InChI is InChI=1S/C11H8BrF4NO3S/c12-6-1-2-9(8(3-6)11(13,14)15)17-5-7(4-10(17)18)21(16,19)20/h1-3,7H,4-5H2. The predicted octanol–water partition coefficient (Wildman–Crippen LogP) is 2.87. The van der Waals surface area contributed by atoms with Gasteiger partial charge in [-0.05, 0) is 18.2 Å². The Morgan fingerprint density at radius 3 is 2.38 bits per heavy atom. The topological polar surface area (TPSA) is 54.5 Å². The van der Waals surface area contributed by atoms with E-state index < -0.39 is 51.8 Å². The van der Waals surface area contributed by atoms with E-state index in [-0.39, 0.29) is 4.47 Å². The van der Waals surface area contributed by atoms with Crippen molar-refractivity contribution < 1.29 is 30.3 Å². The molecule has 4 nitrogen and oxygen atoms in total. The van der Waals surface area contributed by atoms with Crippen molar-refractivity contribution in [3.63, 3.8) is 0 Å². The molecule has 1 heterocycles. The fourth-order valence-electron chi connectivity index (χ4n) is 2.07. The smallest absolute Gasteiger partial charge is 0.310 e. The van der Waals surface area contributed by atoms with Crippen LogP contribution in [0, 0.1) is 0 Å². The van der Waals surface area contributed by atoms with E-state index in [1.807, 2.05) is 0 Å². The Labute approximate surface area is 126 Å². The molecule has 1 saturated heterocycles. The van der Waals surface area contributed by atoms with Gasteiger partial charge >= 0.3 is 16.4 Å². The van der Waals surface area contributed by atoms with Gasteiger partial charge in [0.05, 0.1) is 11.3 Å². The van der Waals surface area contributed by atoms with E-state index in [4.69, 9.17) is 0 Å². The van der Waals surface area contributed by atoms with E-state index in [1.165, 1.54) is 6.07 Å². The van der Waals surface area contributed by atoms with Crippen LogP contribution in [-0.2, 0) is 21.2 Å². The average molecular weight is 390 g/mol. The van der Waals surface area contributed by atoms with E-state index in [2.05, 4.69) is 15.9 Å². The summed E-state index contributed by atoms with van der Waals surface area (Å²) in [6, 6.07) is 3.10. The molecule has 0 spiro atoms. The third-order valence-electron chi connectivity index (χ3n) is 3.04. The van der Waals surface area contributed by atoms with Gasteiger partial charge in [0, 0.05) is 17.4 Å². The van der Waals surface area contributed by atoms with E-state index in [9.17, 15) is 30.3 Å². The van der Waals surface area contributed by atoms with Crippen LogP contribution in [-0.4, -0.2) is 26.1 Å². The number of hydrogen-bond acceptors (Lipinski definition) is 3. The summed E-state index contributed by atoms with van der Waals surface area (Å²) in [6.45, 7) is -0.637. The summed E-state index contributed by atoms with van der Waals surface area (Å²) in [4.78, 5) is 12.4. The third kappa shape index (κ3) is 3.37. The summed E-state index contributed by atoms with van der Waals surface area (Å²) in [5.41, 5.74) is -1.58. The van der Waals surface area contributed by atoms with Crippen LogP contribution in [0.4, 0.5) is 22.7 Å². The quantitative estimate of drug-likeness (QED) is 0.577. The van der Waals surface area contributed by atoms with Gasteiger partial charge in [0.2, 0.25) is 5.91 Å². The lowest BCUT2D eigenvalue weighted by molar-refractivity contribution is -0.137. The van der Waals surface area contributed by atoms with Crippen LogP contribution in [0.3, 0.4) is 0 Å². The minimum Gasteiger partial charge on any atom is -0.310 e. The highest BCUT2D eigenvalue weighted by Gasteiger charge is 2.43. The third-order valence-corrected chi connectivity index (χ3v) is 4.65. The molecule has 1 atom stereocenters. The largest absolute Gasteiger partial charge is 0.418 e. The lowest BCUT2D eigenvalue weighted by atomic mass is 10.1. The number of rotatable bonds is 2. The van der Waals surface area contributed by atoms with Crippen LogP contribution in [0.25, 0.3) is 0 Å². The van der Waals surface area contributed by atoms with E-state index >= 15 is 0 Å². The molecule has 1 aliphatic heterocycles. The summed E-state index contributed by atoms with van der Waals surface area (Å²) < 4.78 is 73.7. The maximum absolute atomic E-state index is 13.0. The maximum Gasteiger partial charge on any atom is 0.418 e. The molecule has 0 saturated carbocycles. The second-order valence-electron chi connectivity index (χ2n) is 4.47. The number of anilines is 1. The zero-order valence-corrected chi connectivity index (χ0v) is 12.6. The number of carbonyl (C=O) groups is 1. The molecular weight excluding hydrogens is 382 g/mol. The number of amides is 1. The molecule has 21 heavy (non-hydrogen) atoms. The fourth-order valence-corrected chi connectivity index (χ4v) is 3.10. The van der Waals surface area contributed by atoms with Gasteiger partial charge in [0.25, 0.3) is 0 Å². The molecule has 116 valence electrons. The SMILES string of the molecule is O=C1CC(S(=O)(=O)F)CN1c1ccc(Br)cc1C(F)(F)F. The number of hydrogen-bond donors (Lipinski definition) is 0. The summed E-state index contributed by atoms with van der Waals surface area (Å²) in [5.74, 6) is -0.867. The number of carbonyl (C=O) groups excluding carboxylic acids is 1. The first-order valence-electron chi connectivity index (χ1n) is 5.60. The van der Waals surface area contributed by atoms with Crippen molar-refractivity contribution in [3.05, 3.63) is 28.2 Å². The summed E-state index contributed by atoms with van der Waals surface area (Å²) >= 11 is 2.90. The maximum atomic E-state index is 13.0. The van der Waals surface area contributed by atoms with Gasteiger partial charge < -0.3 is 4.90 Å². The first kappa shape index (κ1) is 16.2. The average Bonchev–Trinajstić information content (AvgIpc) is 2.70. The van der Waals surface area contributed by atoms with Gasteiger partial charge in [-0.25, -0.2) is 0 Å². The highest BCUT2D eigenvalue weighted by molar-refractivity contribution is 9.10. The fraction of sp³-hybridized carbons (Fsp3) is 0.364. The molecule has 1 unspecified atom stereocenters. The molecule has 1 aliphatic rings. The van der Waals surface area contributed by atoms with Crippen LogP contribution < -0.4 is 4.90 Å². The lowest BCUT2D eigenvalue weighted by Gasteiger charge is -2.21. The van der Waals surface area contributed by atoms with Crippen LogP contribution in [0.2, 0.25) is 0 Å². The van der Waals surface area contributed by atoms with Crippen molar-refractivity contribution in [2.75, 3.05) is 11.4 Å². The molecule has 2 rings (SSSR count). The molecule has 0 aromatic heterocycles. The van der Waals surface area contributed by atoms with Gasteiger partial charge in [-0.15, -0.1) is 3.89 Å². The van der Waals surface area contributed by atoms with Crippen molar-refractivity contribution in [1.29, 1.82) is 0 Å². The normalized spacial score (nSPS) is 20.1. The molecule has 1 amide bonds. The molecule has 0 radical (unpaired) electrons. The molecule has 0 bridgehead atoms. The van der Waals surface area contributed by atoms with E-state index in [0.717, 1.165) is 12.1 Å². The zero-order chi connectivity index (χ0) is 16.0. The van der Waals surface area contributed by atoms with Crippen LogP contribution in [0.1, 0.15) is 12.0 Å². The monoisotopic (exact) mass is 389 g/mol. The molecule has 1 fully saturated rings. The highest BCUT2D eigenvalue weighted by atomic mass is 79.9. The van der Waals surface area contributed by atoms with Crippen LogP contribution in [0.15, 0.2) is 22.7 Å². The second-order valence-corrected chi connectivity index (χ2v) is 7.00. The number of nitrogens with zero attached hydrogens (tertiary/aromatic N) is 1. The van der Waals surface area contributed by atoms with Crippen molar-refractivity contribution in [1.82, 2.24) is 0 Å². The Bertz CT molecular complexity index is 689. The van der Waals surface area contributed by atoms with Crippen molar-refractivity contribution in [3.8, 4) is 0 Å². The van der Waals surface area contributed by atoms with Crippen LogP contribution in [0.5, 0.6) is 0 Å². The lowest BCUT2D eigenvalue weighted by Crippen LogP contribution is -2.29. The van der Waals surface area contributed by atoms with Gasteiger partial charge in [0.1, 0.15) is 5.25 Å². The summed E-state index contributed by atoms with van der Waals surface area (Å²) in [6.07, 6.45) is -5.40. The Balaban J connectivity index is 2.46. The van der Waals surface area contributed by atoms with Crippen LogP contribution >= 0.6 is 15.9 Å². The molecular formula is C11H8BrF4NO3S. The Kier molecular flexibility index (Phi) is 4.04. The number of alkyl halides is 3. The summed E-state index contributed by atoms with van der Waals surface area (Å²) in [7, 11) is -4.99. The predicted molar refractivity (Wildman–Crippen MR) is 69.9 cm³/mol. The van der Waals surface area contributed by atoms with Gasteiger partial charge in [-0.1, -0.05) is 15.9 Å². The van der Waals surface area contributed by atoms with E-state index in [1.54, 1.807) is 0 Å². The molecule has 0 aliphatic carbocycles. The first-order chi connectivity index (χ1) is 9.50. The second kappa shape index (κ2) is 5.24. The van der Waals surface area contributed by atoms with Gasteiger partial charge in [-0.3, -0.25) is 4.79 Å². The highest BCUT2D eigenvalue weighted by Crippen LogP contribution is 2.40. The summed E-state index contributed by atoms with van der Waals surface area (Å²) in [5, 5.41) is -1.64. The van der Waals surface area contributed by atoms with Gasteiger partial charge in [0.15, 0.2) is 0 Å².